The van der Waals surface area contributed by atoms with Crippen molar-refractivity contribution >= 4 is 22.6 Å². The number of fused-ring (bicyclic) bond motifs is 2. The molecule has 0 bridgehead atoms. The van der Waals surface area contributed by atoms with Crippen molar-refractivity contribution in [2.75, 3.05) is 20.0 Å². The predicted molar refractivity (Wildman–Crippen MR) is 136 cm³/mol. The van der Waals surface area contributed by atoms with Crippen LogP contribution in [0.2, 0.25) is 0 Å². The Morgan fingerprint density at radius 3 is 2.92 bits per heavy atom. The van der Waals surface area contributed by atoms with Gasteiger partial charge < -0.3 is 18.8 Å². The van der Waals surface area contributed by atoms with E-state index in [4.69, 9.17) is 19.2 Å². The number of rotatable bonds is 8. The van der Waals surface area contributed by atoms with Crippen LogP contribution in [0.5, 0.6) is 0 Å². The maximum atomic E-state index is 13.3. The van der Waals surface area contributed by atoms with E-state index in [1.165, 1.54) is 10.5 Å². The molecule has 3 aromatic rings. The first-order chi connectivity index (χ1) is 18.0. The molecule has 0 aliphatic carbocycles. The van der Waals surface area contributed by atoms with Gasteiger partial charge in [-0.05, 0) is 50.1 Å². The van der Waals surface area contributed by atoms with Gasteiger partial charge in [0.1, 0.15) is 17.4 Å². The van der Waals surface area contributed by atoms with Crippen LogP contribution in [0.3, 0.4) is 0 Å². The fraction of sp³-hybridized carbons (Fsp3) is 0.296. The number of amides is 1. The van der Waals surface area contributed by atoms with Gasteiger partial charge in [-0.15, -0.1) is 0 Å². The van der Waals surface area contributed by atoms with E-state index in [0.29, 0.717) is 49.0 Å². The van der Waals surface area contributed by atoms with Crippen LogP contribution in [0.4, 0.5) is 0 Å². The Bertz CT molecular complexity index is 1600. The number of allylic oxidation sites excluding steroid dienone is 2. The van der Waals surface area contributed by atoms with Crippen molar-refractivity contribution in [3.8, 4) is 6.07 Å². The third kappa shape index (κ3) is 5.37. The Balaban J connectivity index is 1.88. The van der Waals surface area contributed by atoms with E-state index in [0.717, 1.165) is 5.56 Å². The minimum absolute atomic E-state index is 0.0501. The van der Waals surface area contributed by atoms with Gasteiger partial charge in [0.15, 0.2) is 17.0 Å². The standard InChI is InChI=1S/C27H27N5O5/c1-4-8-21-22(37-17-36-21)10-11-23(33)29-25-19(16-28)15-20-26(31(25)13-7-14-35-5-2)30-24-18(3)9-6-12-32(24)27(20)34/h4,6,8-10,12,15H,1,5,7,11,13-14,17H2,2-3H3/b21-8-,22-10-,29-25?. The molecule has 1 aliphatic heterocycles. The van der Waals surface area contributed by atoms with Crippen LogP contribution < -0.4 is 11.0 Å². The van der Waals surface area contributed by atoms with Crippen LogP contribution in [0.25, 0.3) is 16.7 Å². The lowest BCUT2D eigenvalue weighted by molar-refractivity contribution is -0.117. The van der Waals surface area contributed by atoms with Crippen LogP contribution in [-0.4, -0.2) is 39.9 Å². The average molecular weight is 502 g/mol. The summed E-state index contributed by atoms with van der Waals surface area (Å²) in [5.74, 6) is 0.400. The highest BCUT2D eigenvalue weighted by Crippen LogP contribution is 2.21. The zero-order valence-electron chi connectivity index (χ0n) is 20.8. The Morgan fingerprint density at radius 1 is 1.35 bits per heavy atom. The predicted octanol–water partition coefficient (Wildman–Crippen LogP) is 3.03. The van der Waals surface area contributed by atoms with Gasteiger partial charge in [0.05, 0.1) is 17.4 Å². The van der Waals surface area contributed by atoms with Gasteiger partial charge in [-0.2, -0.15) is 10.3 Å². The van der Waals surface area contributed by atoms with Crippen molar-refractivity contribution in [1.82, 2.24) is 14.0 Å². The maximum Gasteiger partial charge on any atom is 0.267 e. The number of nitriles is 1. The molecule has 37 heavy (non-hydrogen) atoms. The van der Waals surface area contributed by atoms with Crippen LogP contribution >= 0.6 is 0 Å². The van der Waals surface area contributed by atoms with E-state index in [1.807, 2.05) is 19.9 Å². The molecule has 3 aromatic heterocycles. The molecule has 0 N–H and O–H groups in total. The minimum Gasteiger partial charge on any atom is -0.454 e. The maximum absolute atomic E-state index is 13.3. The lowest BCUT2D eigenvalue weighted by Gasteiger charge is -2.14. The minimum atomic E-state index is -0.496. The van der Waals surface area contributed by atoms with Crippen LogP contribution in [-0.2, 0) is 25.5 Å². The van der Waals surface area contributed by atoms with Gasteiger partial charge in [-0.3, -0.25) is 14.0 Å². The normalized spacial score (nSPS) is 15.8. The fourth-order valence-electron chi connectivity index (χ4n) is 4.01. The van der Waals surface area contributed by atoms with Crippen molar-refractivity contribution in [2.24, 2.45) is 4.99 Å². The Kier molecular flexibility index (Phi) is 7.95. The lowest BCUT2D eigenvalue weighted by Crippen LogP contribution is -2.30. The van der Waals surface area contributed by atoms with E-state index < -0.39 is 5.91 Å². The highest BCUT2D eigenvalue weighted by atomic mass is 16.7. The van der Waals surface area contributed by atoms with Crippen molar-refractivity contribution in [2.45, 2.75) is 33.2 Å². The smallest absolute Gasteiger partial charge is 0.267 e. The number of carbonyl (C=O) groups is 1. The van der Waals surface area contributed by atoms with E-state index in [2.05, 4.69) is 17.6 Å². The molecule has 0 saturated carbocycles. The summed E-state index contributed by atoms with van der Waals surface area (Å²) >= 11 is 0. The second-order valence-electron chi connectivity index (χ2n) is 8.19. The quantitative estimate of drug-likeness (QED) is 0.344. The summed E-state index contributed by atoms with van der Waals surface area (Å²) in [6, 6.07) is 7.17. The average Bonchev–Trinajstić information content (AvgIpc) is 3.34. The van der Waals surface area contributed by atoms with E-state index in [1.54, 1.807) is 35.1 Å². The SMILES string of the molecule is C=C/C=C1\OCO\C1=C/CC(=O)N=c1c(C#N)cc2c(=O)n3cccc(C)c3nc2n1CCCOCC. The molecular weight excluding hydrogens is 474 g/mol. The molecule has 4 rings (SSSR count). The number of ether oxygens (including phenoxy) is 3. The molecule has 0 radical (unpaired) electrons. The van der Waals surface area contributed by atoms with Crippen LogP contribution in [0.1, 0.15) is 30.9 Å². The lowest BCUT2D eigenvalue weighted by atomic mass is 10.2. The van der Waals surface area contributed by atoms with E-state index >= 15 is 0 Å². The van der Waals surface area contributed by atoms with Gasteiger partial charge in [0, 0.05) is 26.0 Å². The number of carbonyl (C=O) groups excluding carboxylic acids is 1. The molecule has 1 aliphatic rings. The monoisotopic (exact) mass is 501 g/mol. The molecule has 190 valence electrons. The summed E-state index contributed by atoms with van der Waals surface area (Å²) in [6.45, 7) is 8.82. The molecule has 4 heterocycles. The second-order valence-corrected chi connectivity index (χ2v) is 8.19. The Hall–Kier alpha value is -4.49. The van der Waals surface area contributed by atoms with Crippen molar-refractivity contribution in [1.29, 1.82) is 5.26 Å². The molecule has 1 fully saturated rings. The van der Waals surface area contributed by atoms with Crippen molar-refractivity contribution in [3.05, 3.63) is 87.7 Å². The summed E-state index contributed by atoms with van der Waals surface area (Å²) in [5.41, 5.74) is 1.60. The fourth-order valence-corrected chi connectivity index (χ4v) is 4.01. The number of hydrogen-bond acceptors (Lipinski definition) is 7. The first kappa shape index (κ1) is 25.6. The number of aryl methyl sites for hydroxylation is 2. The summed E-state index contributed by atoms with van der Waals surface area (Å²) in [5, 5.41) is 10.2. The highest BCUT2D eigenvalue weighted by molar-refractivity contribution is 5.81. The first-order valence-corrected chi connectivity index (χ1v) is 11.9. The number of pyridine rings is 2. The van der Waals surface area contributed by atoms with Gasteiger partial charge >= 0.3 is 0 Å². The Morgan fingerprint density at radius 2 is 2.16 bits per heavy atom. The molecular formula is C27H27N5O5. The number of aromatic nitrogens is 3. The molecule has 10 heteroatoms. The number of nitrogens with zero attached hydrogens (tertiary/aromatic N) is 5. The van der Waals surface area contributed by atoms with Crippen LogP contribution in [0.15, 0.2) is 70.5 Å². The molecule has 0 atom stereocenters. The summed E-state index contributed by atoms with van der Waals surface area (Å²) in [7, 11) is 0. The summed E-state index contributed by atoms with van der Waals surface area (Å²) < 4.78 is 19.3. The van der Waals surface area contributed by atoms with Crippen LogP contribution in [0, 0.1) is 18.3 Å². The topological polar surface area (TPSA) is 120 Å². The van der Waals surface area contributed by atoms with Gasteiger partial charge in [-0.25, -0.2) is 4.98 Å². The zero-order valence-corrected chi connectivity index (χ0v) is 20.8. The van der Waals surface area contributed by atoms with Gasteiger partial charge in [-0.1, -0.05) is 18.7 Å². The van der Waals surface area contributed by atoms with E-state index in [9.17, 15) is 14.9 Å². The molecule has 0 aromatic carbocycles. The zero-order chi connectivity index (χ0) is 26.4. The summed E-state index contributed by atoms with van der Waals surface area (Å²) in [6.07, 6.45) is 6.90. The molecule has 0 spiro atoms. The third-order valence-electron chi connectivity index (χ3n) is 5.73. The molecule has 0 unspecified atom stereocenters. The molecule has 1 amide bonds. The largest absolute Gasteiger partial charge is 0.454 e. The first-order valence-electron chi connectivity index (χ1n) is 11.9. The van der Waals surface area contributed by atoms with Gasteiger partial charge in [0.2, 0.25) is 6.79 Å². The van der Waals surface area contributed by atoms with Crippen molar-refractivity contribution < 1.29 is 19.0 Å². The molecule has 1 saturated heterocycles. The third-order valence-corrected chi connectivity index (χ3v) is 5.73. The highest BCUT2D eigenvalue weighted by Gasteiger charge is 2.18. The van der Waals surface area contributed by atoms with Gasteiger partial charge in [0.25, 0.3) is 11.5 Å². The second kappa shape index (κ2) is 11.5. The number of hydrogen-bond donors (Lipinski definition) is 0. The van der Waals surface area contributed by atoms with Crippen molar-refractivity contribution in [3.63, 3.8) is 0 Å². The van der Waals surface area contributed by atoms with E-state index in [-0.39, 0.29) is 35.2 Å². The Labute approximate surface area is 213 Å². The molecule has 10 nitrogen and oxygen atoms in total. The summed E-state index contributed by atoms with van der Waals surface area (Å²) in [4.78, 5) is 35.3.